The zero-order valence-electron chi connectivity index (χ0n) is 17.8. The van der Waals surface area contributed by atoms with Crippen molar-refractivity contribution < 1.29 is 26.8 Å². The van der Waals surface area contributed by atoms with Gasteiger partial charge in [0.15, 0.2) is 5.78 Å². The molecule has 0 radical (unpaired) electrons. The van der Waals surface area contributed by atoms with Crippen molar-refractivity contribution in [1.29, 1.82) is 0 Å². The lowest BCUT2D eigenvalue weighted by Crippen LogP contribution is -2.44. The summed E-state index contributed by atoms with van der Waals surface area (Å²) in [4.78, 5) is 13.1. The van der Waals surface area contributed by atoms with Gasteiger partial charge in [-0.2, -0.15) is 0 Å². The largest absolute Gasteiger partial charge is 0.337 e. The Kier molecular flexibility index (Phi) is 8.13. The van der Waals surface area contributed by atoms with Crippen LogP contribution in [0.3, 0.4) is 0 Å². The fraction of sp³-hybridized carbons (Fsp3) is 0.381. The third kappa shape index (κ3) is 6.09. The van der Waals surface area contributed by atoms with Crippen LogP contribution in [0.25, 0.3) is 0 Å². The Bertz CT molecular complexity index is 1020. The molecule has 1 N–H and O–H groups in total. The fourth-order valence-corrected chi connectivity index (χ4v) is 6.09. The maximum absolute atomic E-state index is 13.2. The van der Waals surface area contributed by atoms with E-state index in [1.165, 1.54) is 14.2 Å². The highest BCUT2D eigenvalue weighted by molar-refractivity contribution is 7.89. The van der Waals surface area contributed by atoms with E-state index >= 15 is 0 Å². The highest BCUT2D eigenvalue weighted by Gasteiger charge is 2.33. The molecule has 2 aromatic rings. The maximum Gasteiger partial charge on any atom is 0.337 e. The van der Waals surface area contributed by atoms with Crippen LogP contribution >= 0.6 is 7.60 Å². The summed E-state index contributed by atoms with van der Waals surface area (Å²) >= 11 is 0. The maximum atomic E-state index is 13.2. The van der Waals surface area contributed by atoms with E-state index in [0.717, 1.165) is 11.1 Å². The Morgan fingerprint density at radius 2 is 1.57 bits per heavy atom. The van der Waals surface area contributed by atoms with E-state index in [4.69, 9.17) is 9.05 Å². The molecule has 0 aliphatic heterocycles. The molecular weight excluding hydrogens is 425 g/mol. The van der Waals surface area contributed by atoms with Gasteiger partial charge in [0.1, 0.15) is 6.16 Å². The fourth-order valence-electron chi connectivity index (χ4n) is 3.41. The quantitative estimate of drug-likeness (QED) is 0.553. The summed E-state index contributed by atoms with van der Waals surface area (Å²) in [6, 6.07) is 11.4. The number of hydrogen-bond acceptors (Lipinski definition) is 6. The van der Waals surface area contributed by atoms with Crippen molar-refractivity contribution in [3.05, 3.63) is 64.7 Å². The van der Waals surface area contributed by atoms with E-state index in [9.17, 15) is 17.8 Å². The first-order valence-corrected chi connectivity index (χ1v) is 12.6. The molecule has 0 aliphatic carbocycles. The van der Waals surface area contributed by atoms with Gasteiger partial charge < -0.3 is 9.05 Å². The molecule has 0 saturated heterocycles. The normalized spacial score (nSPS) is 13.2. The monoisotopic (exact) mass is 453 g/mol. The van der Waals surface area contributed by atoms with Crippen LogP contribution in [0.15, 0.2) is 47.4 Å². The number of carbonyl (C=O) groups is 1. The van der Waals surface area contributed by atoms with Gasteiger partial charge in [-0.15, -0.1) is 0 Å². The molecule has 0 amide bonds. The molecule has 7 nitrogen and oxygen atoms in total. The Morgan fingerprint density at radius 3 is 2.07 bits per heavy atom. The summed E-state index contributed by atoms with van der Waals surface area (Å²) in [5.74, 6) is -0.572. The molecule has 1 atom stereocenters. The van der Waals surface area contributed by atoms with Crippen molar-refractivity contribution >= 4 is 23.4 Å². The Hall–Kier alpha value is -1.83. The number of benzene rings is 2. The number of carbonyl (C=O) groups excluding carboxylic acids is 1. The zero-order chi connectivity index (χ0) is 22.5. The lowest BCUT2D eigenvalue weighted by molar-refractivity contribution is -0.118. The van der Waals surface area contributed by atoms with Gasteiger partial charge in [0.2, 0.25) is 10.0 Å². The standard InChI is InChI=1S/C21H28NO6PS/c1-15-11-16(2)21(17(3)12-15)30(25,26)22-19(13-18-9-7-6-8-10-18)20(23)14-29(24,27-4)28-5/h6-12,19,22H,13-14H2,1-5H3/t19-/m1/s1. The van der Waals surface area contributed by atoms with Gasteiger partial charge in [-0.25, -0.2) is 13.1 Å². The molecule has 0 saturated carbocycles. The number of aryl methyl sites for hydroxylation is 3. The Morgan fingerprint density at radius 1 is 1.03 bits per heavy atom. The van der Waals surface area contributed by atoms with Crippen molar-refractivity contribution in [3.8, 4) is 0 Å². The summed E-state index contributed by atoms with van der Waals surface area (Å²) < 4.78 is 51.1. The van der Waals surface area contributed by atoms with E-state index in [2.05, 4.69) is 4.72 Å². The second kappa shape index (κ2) is 9.98. The number of Topliss-reactive ketones (excluding diaryl/α,β-unsaturated/α-hetero) is 1. The van der Waals surface area contributed by atoms with Crippen LogP contribution in [0.5, 0.6) is 0 Å². The van der Waals surface area contributed by atoms with Crippen molar-refractivity contribution in [2.45, 2.75) is 38.1 Å². The van der Waals surface area contributed by atoms with Gasteiger partial charge in [0, 0.05) is 14.2 Å². The summed E-state index contributed by atoms with van der Waals surface area (Å²) in [6.45, 7) is 5.32. The Balaban J connectivity index is 2.41. The highest BCUT2D eigenvalue weighted by Crippen LogP contribution is 2.46. The molecule has 0 unspecified atom stereocenters. The Labute approximate surface area is 178 Å². The number of nitrogens with one attached hydrogen (secondary N) is 1. The molecule has 164 valence electrons. The lowest BCUT2D eigenvalue weighted by atomic mass is 10.0. The molecule has 0 heterocycles. The SMILES string of the molecule is COP(=O)(CC(=O)[C@@H](Cc1ccccc1)NS(=O)(=O)c1c(C)cc(C)cc1C)OC. The predicted octanol–water partition coefficient (Wildman–Crippen LogP) is 3.56. The van der Waals surface area contributed by atoms with Gasteiger partial charge in [0.25, 0.3) is 0 Å². The molecule has 0 bridgehead atoms. The molecule has 2 aromatic carbocycles. The topological polar surface area (TPSA) is 98.8 Å². The zero-order valence-corrected chi connectivity index (χ0v) is 19.5. The van der Waals surface area contributed by atoms with Crippen LogP contribution in [0.1, 0.15) is 22.3 Å². The summed E-state index contributed by atoms with van der Waals surface area (Å²) in [6.07, 6.45) is -0.428. The first kappa shape index (κ1) is 24.4. The van der Waals surface area contributed by atoms with Crippen molar-refractivity contribution in [1.82, 2.24) is 4.72 Å². The second-order valence-corrected chi connectivity index (χ2v) is 11.1. The van der Waals surface area contributed by atoms with Crippen LogP contribution in [0.4, 0.5) is 0 Å². The highest BCUT2D eigenvalue weighted by atomic mass is 32.2. The van der Waals surface area contributed by atoms with E-state index in [1.54, 1.807) is 50.2 Å². The lowest BCUT2D eigenvalue weighted by Gasteiger charge is -2.21. The minimum absolute atomic E-state index is 0.107. The van der Waals surface area contributed by atoms with E-state index < -0.39 is 35.6 Å². The number of hydrogen-bond donors (Lipinski definition) is 1. The van der Waals surface area contributed by atoms with Crippen LogP contribution < -0.4 is 4.72 Å². The number of sulfonamides is 1. The van der Waals surface area contributed by atoms with Crippen molar-refractivity contribution in [2.24, 2.45) is 0 Å². The van der Waals surface area contributed by atoms with Gasteiger partial charge in [-0.1, -0.05) is 48.0 Å². The van der Waals surface area contributed by atoms with Crippen LogP contribution in [-0.4, -0.2) is 40.6 Å². The van der Waals surface area contributed by atoms with Gasteiger partial charge >= 0.3 is 7.60 Å². The number of rotatable bonds is 10. The first-order chi connectivity index (χ1) is 14.0. The molecular formula is C21H28NO6PS. The van der Waals surface area contributed by atoms with E-state index in [0.29, 0.717) is 11.1 Å². The van der Waals surface area contributed by atoms with E-state index in [1.807, 2.05) is 13.0 Å². The summed E-state index contributed by atoms with van der Waals surface area (Å²) in [5, 5.41) is 0. The van der Waals surface area contributed by atoms with Crippen molar-refractivity contribution in [3.63, 3.8) is 0 Å². The third-order valence-corrected chi connectivity index (χ3v) is 8.34. The van der Waals surface area contributed by atoms with Gasteiger partial charge in [-0.3, -0.25) is 9.36 Å². The third-order valence-electron chi connectivity index (χ3n) is 4.75. The predicted molar refractivity (Wildman–Crippen MR) is 116 cm³/mol. The first-order valence-electron chi connectivity index (χ1n) is 9.38. The molecule has 0 aliphatic rings. The average Bonchev–Trinajstić information content (AvgIpc) is 2.66. The molecule has 0 fully saturated rings. The number of ketones is 1. The van der Waals surface area contributed by atoms with Crippen molar-refractivity contribution in [2.75, 3.05) is 20.4 Å². The summed E-state index contributed by atoms with van der Waals surface area (Å²) in [7, 11) is -5.28. The molecule has 2 rings (SSSR count). The molecule has 9 heteroatoms. The second-order valence-electron chi connectivity index (χ2n) is 7.19. The molecule has 0 aromatic heterocycles. The summed E-state index contributed by atoms with van der Waals surface area (Å²) in [5.41, 5.74) is 2.89. The van der Waals surface area contributed by atoms with E-state index in [-0.39, 0.29) is 11.3 Å². The van der Waals surface area contributed by atoms with Gasteiger partial charge in [0.05, 0.1) is 10.9 Å². The van der Waals surface area contributed by atoms with Crippen LogP contribution in [0, 0.1) is 20.8 Å². The van der Waals surface area contributed by atoms with Crippen LogP contribution in [0.2, 0.25) is 0 Å². The smallest absolute Gasteiger partial charge is 0.312 e. The van der Waals surface area contributed by atoms with Crippen LogP contribution in [-0.2, 0) is 34.9 Å². The molecule has 30 heavy (non-hydrogen) atoms. The van der Waals surface area contributed by atoms with Gasteiger partial charge in [-0.05, 0) is 43.9 Å². The average molecular weight is 453 g/mol. The minimum atomic E-state index is -4.01. The molecule has 0 spiro atoms. The minimum Gasteiger partial charge on any atom is -0.312 e.